The maximum atomic E-state index is 11.1. The molecule has 0 spiro atoms. The van der Waals surface area contributed by atoms with Crippen molar-refractivity contribution < 1.29 is 28.6 Å². The summed E-state index contributed by atoms with van der Waals surface area (Å²) >= 11 is 0. The third kappa shape index (κ3) is 25.9. The van der Waals surface area contributed by atoms with E-state index in [1.54, 1.807) is 0 Å². The molecular weight excluding hydrogens is 360 g/mol. The van der Waals surface area contributed by atoms with Crippen molar-refractivity contribution in [3.8, 4) is 0 Å². The van der Waals surface area contributed by atoms with Crippen LogP contribution in [0.25, 0.3) is 0 Å². The van der Waals surface area contributed by atoms with E-state index in [1.807, 2.05) is 13.8 Å². The minimum absolute atomic E-state index is 0.237. The Morgan fingerprint density at radius 2 is 1.32 bits per heavy atom. The van der Waals surface area contributed by atoms with Crippen LogP contribution >= 0.6 is 0 Å². The van der Waals surface area contributed by atoms with Crippen LogP contribution in [0.5, 0.6) is 0 Å². The number of methoxy groups -OCH3 is 1. The number of hydrogen-bond donors (Lipinski definition) is 0. The Kier molecular flexibility index (Phi) is 26.7. The van der Waals surface area contributed by atoms with E-state index in [-0.39, 0.29) is 11.9 Å². The number of unbranched alkanes of at least 4 members (excludes halogenated alkanes) is 4. The fourth-order valence-corrected chi connectivity index (χ4v) is 1.40. The summed E-state index contributed by atoms with van der Waals surface area (Å²) in [5, 5.41) is 0. The second kappa shape index (κ2) is 24.6. The van der Waals surface area contributed by atoms with Crippen molar-refractivity contribution in [2.45, 2.75) is 65.7 Å². The first kappa shape index (κ1) is 30.4. The van der Waals surface area contributed by atoms with Gasteiger partial charge in [-0.15, -0.1) is 0 Å². The van der Waals surface area contributed by atoms with Gasteiger partial charge in [-0.2, -0.15) is 0 Å². The summed E-state index contributed by atoms with van der Waals surface area (Å²) < 4.78 is 13.8. The van der Waals surface area contributed by atoms with Crippen LogP contribution in [0.1, 0.15) is 65.7 Å². The molecule has 0 bridgehead atoms. The van der Waals surface area contributed by atoms with Crippen molar-refractivity contribution in [1.29, 1.82) is 0 Å². The molecule has 0 aliphatic rings. The lowest BCUT2D eigenvalue weighted by Crippen LogP contribution is -2.07. The van der Waals surface area contributed by atoms with Gasteiger partial charge in [-0.05, 0) is 19.3 Å². The lowest BCUT2D eigenvalue weighted by atomic mass is 10.2. The molecule has 0 aromatic rings. The SMILES string of the molecule is C=C(CC)C(=O)OCCCCCC.C=CC(=O)OC.C=CC(=O)OCCCC. The molecule has 0 fully saturated rings. The summed E-state index contributed by atoms with van der Waals surface area (Å²) in [4.78, 5) is 31.3. The number of carbonyl (C=O) groups excluding carboxylic acids is 3. The van der Waals surface area contributed by atoms with Crippen molar-refractivity contribution in [3.63, 3.8) is 0 Å². The summed E-state index contributed by atoms with van der Waals surface area (Å²) in [6.07, 6.45) is 9.47. The van der Waals surface area contributed by atoms with Gasteiger partial charge in [-0.25, -0.2) is 14.4 Å². The van der Waals surface area contributed by atoms with Crippen LogP contribution in [0.15, 0.2) is 37.5 Å². The molecule has 0 amide bonds. The van der Waals surface area contributed by atoms with E-state index in [0.29, 0.717) is 25.2 Å². The van der Waals surface area contributed by atoms with Crippen LogP contribution in [-0.4, -0.2) is 38.2 Å². The van der Waals surface area contributed by atoms with Crippen LogP contribution in [-0.2, 0) is 28.6 Å². The predicted molar refractivity (Wildman–Crippen MR) is 113 cm³/mol. The Morgan fingerprint density at radius 3 is 1.71 bits per heavy atom. The molecule has 0 aromatic heterocycles. The fourth-order valence-electron chi connectivity index (χ4n) is 1.40. The topological polar surface area (TPSA) is 78.9 Å². The molecule has 0 radical (unpaired) electrons. The van der Waals surface area contributed by atoms with Crippen molar-refractivity contribution >= 4 is 17.9 Å². The van der Waals surface area contributed by atoms with E-state index in [1.165, 1.54) is 26.0 Å². The maximum absolute atomic E-state index is 11.1. The molecular formula is C22H38O6. The minimum atomic E-state index is -0.394. The van der Waals surface area contributed by atoms with Gasteiger partial charge in [-0.1, -0.05) is 66.2 Å². The van der Waals surface area contributed by atoms with Crippen LogP contribution in [0, 0.1) is 0 Å². The minimum Gasteiger partial charge on any atom is -0.466 e. The largest absolute Gasteiger partial charge is 0.466 e. The van der Waals surface area contributed by atoms with E-state index < -0.39 is 5.97 Å². The molecule has 0 aliphatic heterocycles. The molecule has 28 heavy (non-hydrogen) atoms. The second-order valence-corrected chi connectivity index (χ2v) is 5.61. The Labute approximate surface area is 170 Å². The van der Waals surface area contributed by atoms with E-state index in [4.69, 9.17) is 4.74 Å². The zero-order valence-electron chi connectivity index (χ0n) is 18.1. The van der Waals surface area contributed by atoms with E-state index in [0.717, 1.165) is 31.8 Å². The van der Waals surface area contributed by atoms with Crippen molar-refractivity contribution in [2.24, 2.45) is 0 Å². The van der Waals surface area contributed by atoms with Gasteiger partial charge in [0.25, 0.3) is 0 Å². The third-order valence-electron chi connectivity index (χ3n) is 3.22. The first-order valence-corrected chi connectivity index (χ1v) is 9.68. The van der Waals surface area contributed by atoms with Gasteiger partial charge in [0.2, 0.25) is 0 Å². The summed E-state index contributed by atoms with van der Waals surface area (Å²) in [5.41, 5.74) is 0.565. The molecule has 0 aromatic carbocycles. The number of carbonyl (C=O) groups is 3. The zero-order valence-corrected chi connectivity index (χ0v) is 18.1. The summed E-state index contributed by atoms with van der Waals surface area (Å²) in [6, 6.07) is 0. The molecule has 6 heteroatoms. The van der Waals surface area contributed by atoms with Crippen LogP contribution in [0.3, 0.4) is 0 Å². The zero-order chi connectivity index (χ0) is 22.2. The third-order valence-corrected chi connectivity index (χ3v) is 3.22. The van der Waals surface area contributed by atoms with E-state index >= 15 is 0 Å². The van der Waals surface area contributed by atoms with Gasteiger partial charge in [-0.3, -0.25) is 0 Å². The highest BCUT2D eigenvalue weighted by molar-refractivity contribution is 5.87. The first-order valence-electron chi connectivity index (χ1n) is 9.68. The lowest BCUT2D eigenvalue weighted by Gasteiger charge is -2.04. The quantitative estimate of drug-likeness (QED) is 0.201. The molecule has 0 heterocycles. The van der Waals surface area contributed by atoms with Crippen molar-refractivity contribution in [2.75, 3.05) is 20.3 Å². The van der Waals surface area contributed by atoms with Crippen molar-refractivity contribution in [3.05, 3.63) is 37.5 Å². The van der Waals surface area contributed by atoms with Crippen LogP contribution < -0.4 is 0 Å². The Bertz CT molecular complexity index is 454. The van der Waals surface area contributed by atoms with Gasteiger partial charge >= 0.3 is 17.9 Å². The van der Waals surface area contributed by atoms with Gasteiger partial charge in [0.05, 0.1) is 20.3 Å². The molecule has 0 saturated heterocycles. The molecule has 0 N–H and O–H groups in total. The lowest BCUT2D eigenvalue weighted by molar-refractivity contribution is -0.139. The molecule has 0 atom stereocenters. The summed E-state index contributed by atoms with van der Waals surface area (Å²) in [6.45, 7) is 17.2. The van der Waals surface area contributed by atoms with E-state index in [2.05, 4.69) is 36.1 Å². The highest BCUT2D eigenvalue weighted by Crippen LogP contribution is 2.03. The first-order chi connectivity index (χ1) is 13.3. The Morgan fingerprint density at radius 1 is 0.786 bits per heavy atom. The standard InChI is InChI=1S/C11H20O2.C7H12O2.C4H6O2/c1-4-6-7-8-9-13-11(12)10(3)5-2;1-3-5-6-9-7(8)4-2;1-3-4(5)6-2/h3-9H2,1-2H3;4H,2-3,5-6H2,1H3;3H,1H2,2H3. The normalized spacial score (nSPS) is 8.71. The molecule has 0 saturated carbocycles. The smallest absolute Gasteiger partial charge is 0.333 e. The molecule has 0 unspecified atom stereocenters. The molecule has 6 nitrogen and oxygen atoms in total. The van der Waals surface area contributed by atoms with Gasteiger partial charge in [0.15, 0.2) is 0 Å². The average Bonchev–Trinajstić information content (AvgIpc) is 2.73. The number of ether oxygens (including phenoxy) is 3. The monoisotopic (exact) mass is 398 g/mol. The molecule has 0 rings (SSSR count). The predicted octanol–water partition coefficient (Wildman–Crippen LogP) is 4.94. The maximum Gasteiger partial charge on any atom is 0.333 e. The summed E-state index contributed by atoms with van der Waals surface area (Å²) in [5.74, 6) is -0.961. The molecule has 162 valence electrons. The van der Waals surface area contributed by atoms with Gasteiger partial charge in [0.1, 0.15) is 0 Å². The van der Waals surface area contributed by atoms with Gasteiger partial charge in [0, 0.05) is 17.7 Å². The second-order valence-electron chi connectivity index (χ2n) is 5.61. The van der Waals surface area contributed by atoms with Crippen LogP contribution in [0.4, 0.5) is 0 Å². The average molecular weight is 399 g/mol. The van der Waals surface area contributed by atoms with Gasteiger partial charge < -0.3 is 14.2 Å². The van der Waals surface area contributed by atoms with E-state index in [9.17, 15) is 14.4 Å². The Hall–Kier alpha value is -2.37. The summed E-state index contributed by atoms with van der Waals surface area (Å²) in [7, 11) is 1.31. The van der Waals surface area contributed by atoms with Crippen LogP contribution in [0.2, 0.25) is 0 Å². The highest BCUT2D eigenvalue weighted by Gasteiger charge is 2.04. The number of rotatable bonds is 12. The number of esters is 3. The number of hydrogen-bond acceptors (Lipinski definition) is 6. The van der Waals surface area contributed by atoms with Crippen molar-refractivity contribution in [1.82, 2.24) is 0 Å². The highest BCUT2D eigenvalue weighted by atomic mass is 16.5. The molecule has 0 aliphatic carbocycles. The Balaban J connectivity index is -0.000000362. The fraction of sp³-hybridized carbons (Fsp3) is 0.591.